The number of carbonyl (C=O) groups is 2. The van der Waals surface area contributed by atoms with Crippen LogP contribution >= 0.6 is 0 Å². The molecule has 0 saturated carbocycles. The standard InChI is InChI=1S/C18H24N4O4/c1-17(2,3)25-15(23)13-10(22-16(24)26-18(4,5)6)7-8-11-14(13)20-9-12(19)21-11/h7-9H,1-6H3,(H2,19,21)(H,22,24). The van der Waals surface area contributed by atoms with Crippen molar-refractivity contribution in [3.05, 3.63) is 23.9 Å². The van der Waals surface area contributed by atoms with E-state index in [-0.39, 0.29) is 22.6 Å². The summed E-state index contributed by atoms with van der Waals surface area (Å²) in [7, 11) is 0. The summed E-state index contributed by atoms with van der Waals surface area (Å²) < 4.78 is 10.7. The third kappa shape index (κ3) is 5.05. The van der Waals surface area contributed by atoms with Gasteiger partial charge in [-0.3, -0.25) is 5.32 Å². The van der Waals surface area contributed by atoms with Gasteiger partial charge < -0.3 is 15.2 Å². The number of ether oxygens (including phenoxy) is 2. The minimum Gasteiger partial charge on any atom is -0.456 e. The van der Waals surface area contributed by atoms with Gasteiger partial charge in [-0.05, 0) is 53.7 Å². The number of nitrogens with one attached hydrogen (secondary N) is 1. The normalized spacial score (nSPS) is 11.9. The summed E-state index contributed by atoms with van der Waals surface area (Å²) in [5, 5.41) is 2.58. The maximum atomic E-state index is 12.7. The topological polar surface area (TPSA) is 116 Å². The van der Waals surface area contributed by atoms with Gasteiger partial charge in [-0.15, -0.1) is 0 Å². The number of nitrogen functional groups attached to an aromatic ring is 1. The van der Waals surface area contributed by atoms with Crippen LogP contribution in [-0.4, -0.2) is 33.2 Å². The van der Waals surface area contributed by atoms with Crippen LogP contribution in [0, 0.1) is 0 Å². The number of nitrogens with two attached hydrogens (primary N) is 1. The van der Waals surface area contributed by atoms with Gasteiger partial charge in [-0.25, -0.2) is 19.6 Å². The van der Waals surface area contributed by atoms with E-state index in [1.165, 1.54) is 6.20 Å². The molecule has 26 heavy (non-hydrogen) atoms. The van der Waals surface area contributed by atoms with E-state index in [1.54, 1.807) is 53.7 Å². The Morgan fingerprint density at radius 2 is 1.65 bits per heavy atom. The second-order valence-corrected chi connectivity index (χ2v) is 7.78. The first-order valence-electron chi connectivity index (χ1n) is 8.14. The van der Waals surface area contributed by atoms with Gasteiger partial charge in [-0.1, -0.05) is 0 Å². The smallest absolute Gasteiger partial charge is 0.412 e. The Hall–Kier alpha value is -2.90. The maximum Gasteiger partial charge on any atom is 0.412 e. The zero-order valence-corrected chi connectivity index (χ0v) is 15.8. The number of aromatic nitrogens is 2. The molecule has 2 rings (SSSR count). The number of rotatable bonds is 2. The zero-order valence-electron chi connectivity index (χ0n) is 15.8. The Balaban J connectivity index is 2.52. The lowest BCUT2D eigenvalue weighted by Crippen LogP contribution is -2.29. The van der Waals surface area contributed by atoms with Crippen molar-refractivity contribution in [3.8, 4) is 0 Å². The van der Waals surface area contributed by atoms with Gasteiger partial charge in [0.05, 0.1) is 17.4 Å². The third-order valence-electron chi connectivity index (χ3n) is 2.97. The number of hydrogen-bond donors (Lipinski definition) is 2. The van der Waals surface area contributed by atoms with Crippen molar-refractivity contribution < 1.29 is 19.1 Å². The molecule has 2 aromatic rings. The summed E-state index contributed by atoms with van der Waals surface area (Å²) in [6, 6.07) is 3.15. The van der Waals surface area contributed by atoms with Crippen molar-refractivity contribution in [2.24, 2.45) is 0 Å². The number of fused-ring (bicyclic) bond motifs is 1. The second-order valence-electron chi connectivity index (χ2n) is 7.78. The van der Waals surface area contributed by atoms with E-state index in [0.29, 0.717) is 5.52 Å². The molecule has 0 unspecified atom stereocenters. The molecule has 1 aromatic heterocycles. The largest absolute Gasteiger partial charge is 0.456 e. The molecule has 1 amide bonds. The van der Waals surface area contributed by atoms with Crippen molar-refractivity contribution >= 4 is 34.6 Å². The van der Waals surface area contributed by atoms with Crippen molar-refractivity contribution in [3.63, 3.8) is 0 Å². The minimum absolute atomic E-state index is 0.0933. The lowest BCUT2D eigenvalue weighted by Gasteiger charge is -2.22. The molecule has 0 aliphatic carbocycles. The van der Waals surface area contributed by atoms with Crippen molar-refractivity contribution in [2.45, 2.75) is 52.7 Å². The third-order valence-corrected chi connectivity index (χ3v) is 2.97. The molecule has 1 heterocycles. The highest BCUT2D eigenvalue weighted by atomic mass is 16.6. The summed E-state index contributed by atoms with van der Waals surface area (Å²) in [6.45, 7) is 10.5. The average Bonchev–Trinajstić information content (AvgIpc) is 2.43. The summed E-state index contributed by atoms with van der Waals surface area (Å²) in [6.07, 6.45) is 0.651. The first-order valence-corrected chi connectivity index (χ1v) is 8.14. The number of benzene rings is 1. The Morgan fingerprint density at radius 3 is 2.23 bits per heavy atom. The van der Waals surface area contributed by atoms with Crippen molar-refractivity contribution in [2.75, 3.05) is 11.1 Å². The highest BCUT2D eigenvalue weighted by Gasteiger charge is 2.26. The molecule has 1 aromatic carbocycles. The fourth-order valence-corrected chi connectivity index (χ4v) is 2.15. The predicted molar refractivity (Wildman–Crippen MR) is 99.0 cm³/mol. The van der Waals surface area contributed by atoms with Gasteiger partial charge >= 0.3 is 12.1 Å². The number of nitrogens with zero attached hydrogens (tertiary/aromatic N) is 2. The SMILES string of the molecule is CC(C)(C)OC(=O)Nc1ccc2nc(N)cnc2c1C(=O)OC(C)(C)C. The quantitative estimate of drug-likeness (QED) is 0.787. The van der Waals surface area contributed by atoms with Crippen LogP contribution in [0.2, 0.25) is 0 Å². The number of hydrogen-bond acceptors (Lipinski definition) is 7. The van der Waals surface area contributed by atoms with Crippen molar-refractivity contribution in [1.82, 2.24) is 9.97 Å². The lowest BCUT2D eigenvalue weighted by atomic mass is 10.1. The highest BCUT2D eigenvalue weighted by Crippen LogP contribution is 2.27. The molecule has 0 aliphatic rings. The predicted octanol–water partition coefficient (Wildman–Crippen LogP) is 3.51. The van der Waals surface area contributed by atoms with Gasteiger partial charge in [-0.2, -0.15) is 0 Å². The van der Waals surface area contributed by atoms with E-state index in [2.05, 4.69) is 15.3 Å². The van der Waals surface area contributed by atoms with Crippen LogP contribution in [0.1, 0.15) is 51.9 Å². The van der Waals surface area contributed by atoms with E-state index < -0.39 is 23.3 Å². The monoisotopic (exact) mass is 360 g/mol. The van der Waals surface area contributed by atoms with Crippen LogP contribution in [0.3, 0.4) is 0 Å². The van der Waals surface area contributed by atoms with Gasteiger partial charge in [0, 0.05) is 0 Å². The van der Waals surface area contributed by atoms with E-state index in [4.69, 9.17) is 15.2 Å². The highest BCUT2D eigenvalue weighted by molar-refractivity contribution is 6.09. The maximum absolute atomic E-state index is 12.7. The van der Waals surface area contributed by atoms with Crippen LogP contribution in [0.25, 0.3) is 11.0 Å². The van der Waals surface area contributed by atoms with Gasteiger partial charge in [0.15, 0.2) is 0 Å². The van der Waals surface area contributed by atoms with Crippen LogP contribution in [0.5, 0.6) is 0 Å². The molecule has 0 bridgehead atoms. The first-order chi connectivity index (χ1) is 11.9. The second kappa shape index (κ2) is 6.78. The molecule has 8 heteroatoms. The molecule has 140 valence electrons. The summed E-state index contributed by atoms with van der Waals surface area (Å²) in [5.74, 6) is -0.409. The molecule has 0 aliphatic heterocycles. The van der Waals surface area contributed by atoms with E-state index in [1.807, 2.05) is 0 Å². The number of esters is 1. The molecular weight excluding hydrogens is 336 g/mol. The van der Waals surface area contributed by atoms with Crippen LogP contribution in [0.4, 0.5) is 16.3 Å². The van der Waals surface area contributed by atoms with E-state index in [9.17, 15) is 9.59 Å². The molecule has 8 nitrogen and oxygen atoms in total. The fraction of sp³-hybridized carbons (Fsp3) is 0.444. The summed E-state index contributed by atoms with van der Waals surface area (Å²) in [5.41, 5.74) is 5.28. The fourth-order valence-electron chi connectivity index (χ4n) is 2.15. The Bertz CT molecular complexity index is 851. The molecule has 0 radical (unpaired) electrons. The van der Waals surface area contributed by atoms with Crippen LogP contribution in [0.15, 0.2) is 18.3 Å². The van der Waals surface area contributed by atoms with E-state index in [0.717, 1.165) is 0 Å². The lowest BCUT2D eigenvalue weighted by molar-refractivity contribution is 0.00728. The van der Waals surface area contributed by atoms with Gasteiger partial charge in [0.2, 0.25) is 0 Å². The van der Waals surface area contributed by atoms with Gasteiger partial charge in [0.25, 0.3) is 0 Å². The van der Waals surface area contributed by atoms with Crippen LogP contribution < -0.4 is 11.1 Å². The van der Waals surface area contributed by atoms with Crippen LogP contribution in [-0.2, 0) is 9.47 Å². The molecule has 0 spiro atoms. The molecular formula is C18H24N4O4. The number of amides is 1. The first kappa shape index (κ1) is 19.4. The summed E-state index contributed by atoms with van der Waals surface area (Å²) >= 11 is 0. The molecule has 0 fully saturated rings. The van der Waals surface area contributed by atoms with E-state index >= 15 is 0 Å². The zero-order chi connectivity index (χ0) is 19.7. The Labute approximate surface area is 152 Å². The van der Waals surface area contributed by atoms with Crippen molar-refractivity contribution in [1.29, 1.82) is 0 Å². The number of carbonyl (C=O) groups excluding carboxylic acids is 2. The molecule has 0 atom stereocenters. The number of anilines is 2. The average molecular weight is 360 g/mol. The molecule has 3 N–H and O–H groups in total. The Kier molecular flexibility index (Phi) is 5.06. The Morgan fingerprint density at radius 1 is 1.04 bits per heavy atom. The molecule has 0 saturated heterocycles. The van der Waals surface area contributed by atoms with Gasteiger partial charge in [0.1, 0.15) is 28.1 Å². The minimum atomic E-state index is -0.719. The summed E-state index contributed by atoms with van der Waals surface area (Å²) in [4.78, 5) is 33.2.